The fraction of sp³-hybridized carbons (Fsp3) is 0.667. The number of nitrogens with zero attached hydrogens (tertiary/aromatic N) is 1. The van der Waals surface area contributed by atoms with E-state index < -0.39 is 5.60 Å². The summed E-state index contributed by atoms with van der Waals surface area (Å²) in [6.45, 7) is 7.80. The lowest BCUT2D eigenvalue weighted by Gasteiger charge is -2.33. The fourth-order valence-electron chi connectivity index (χ4n) is 3.03. The third-order valence-corrected chi connectivity index (χ3v) is 4.07. The number of pyridine rings is 1. The second kappa shape index (κ2) is 7.77. The van der Waals surface area contributed by atoms with Gasteiger partial charge in [0.1, 0.15) is 5.60 Å². The molecule has 0 radical (unpaired) electrons. The number of carbonyl (C=O) groups excluding carboxylic acids is 1. The van der Waals surface area contributed by atoms with Crippen LogP contribution in [0.1, 0.15) is 65.0 Å². The first kappa shape index (κ1) is 17.7. The average Bonchev–Trinajstić information content (AvgIpc) is 2.46. The molecule has 0 spiro atoms. The molecular weight excluding hydrogens is 290 g/mol. The van der Waals surface area contributed by atoms with Crippen molar-refractivity contribution in [3.8, 4) is 0 Å². The molecular formula is C18H29N3O2. The number of aromatic nitrogens is 1. The number of rotatable bonds is 4. The lowest BCUT2D eigenvalue weighted by Crippen LogP contribution is -2.46. The highest BCUT2D eigenvalue weighted by atomic mass is 16.6. The number of nitrogens with one attached hydrogen (secondary N) is 2. The standard InChI is InChI=1S/C18H29N3O2/c1-13(14-7-6-10-19-12-14)20-15-8-5-9-16(11-15)21-17(22)23-18(2,3)4/h6-7,10,12-13,15-16,20H,5,8-9,11H2,1-4H3,(H,21,22)/t13-,15?,16?/m1/s1. The van der Waals surface area contributed by atoms with E-state index >= 15 is 0 Å². The summed E-state index contributed by atoms with van der Waals surface area (Å²) < 4.78 is 5.35. The van der Waals surface area contributed by atoms with Crippen LogP contribution in [0.25, 0.3) is 0 Å². The zero-order chi connectivity index (χ0) is 16.9. The molecule has 2 unspecified atom stereocenters. The van der Waals surface area contributed by atoms with E-state index in [1.807, 2.05) is 33.0 Å². The van der Waals surface area contributed by atoms with Crippen molar-refractivity contribution in [3.05, 3.63) is 30.1 Å². The molecule has 5 nitrogen and oxygen atoms in total. The summed E-state index contributed by atoms with van der Waals surface area (Å²) >= 11 is 0. The Hall–Kier alpha value is -1.62. The molecule has 128 valence electrons. The van der Waals surface area contributed by atoms with Gasteiger partial charge in [0.05, 0.1) is 0 Å². The number of amides is 1. The Morgan fingerprint density at radius 3 is 2.74 bits per heavy atom. The molecule has 2 rings (SSSR count). The van der Waals surface area contributed by atoms with Crippen molar-refractivity contribution in [2.45, 2.75) is 77.1 Å². The number of alkyl carbamates (subject to hydrolysis) is 1. The molecule has 3 atom stereocenters. The summed E-state index contributed by atoms with van der Waals surface area (Å²) in [4.78, 5) is 16.1. The molecule has 0 aromatic carbocycles. The van der Waals surface area contributed by atoms with Gasteiger partial charge >= 0.3 is 6.09 Å². The van der Waals surface area contributed by atoms with Crippen LogP contribution < -0.4 is 10.6 Å². The third kappa shape index (κ3) is 6.18. The van der Waals surface area contributed by atoms with Crippen molar-refractivity contribution >= 4 is 6.09 Å². The quantitative estimate of drug-likeness (QED) is 0.890. The summed E-state index contributed by atoms with van der Waals surface area (Å²) in [6.07, 6.45) is 7.56. The van der Waals surface area contributed by atoms with E-state index in [0.717, 1.165) is 25.7 Å². The van der Waals surface area contributed by atoms with Crippen LogP contribution in [0.3, 0.4) is 0 Å². The first-order valence-electron chi connectivity index (χ1n) is 8.49. The molecule has 1 amide bonds. The van der Waals surface area contributed by atoms with E-state index in [-0.39, 0.29) is 18.2 Å². The Balaban J connectivity index is 1.82. The minimum absolute atomic E-state index is 0.178. The second-order valence-corrected chi connectivity index (χ2v) is 7.38. The first-order valence-corrected chi connectivity index (χ1v) is 8.49. The minimum Gasteiger partial charge on any atom is -0.444 e. The van der Waals surface area contributed by atoms with Crippen LogP contribution in [-0.4, -0.2) is 28.8 Å². The lowest BCUT2D eigenvalue weighted by molar-refractivity contribution is 0.0488. The fourth-order valence-corrected chi connectivity index (χ4v) is 3.03. The summed E-state index contributed by atoms with van der Waals surface area (Å²) in [5, 5.41) is 6.66. The smallest absolute Gasteiger partial charge is 0.407 e. The van der Waals surface area contributed by atoms with Crippen LogP contribution in [0.5, 0.6) is 0 Å². The van der Waals surface area contributed by atoms with E-state index in [9.17, 15) is 4.79 Å². The van der Waals surface area contributed by atoms with Gasteiger partial charge in [-0.15, -0.1) is 0 Å². The van der Waals surface area contributed by atoms with Crippen LogP contribution >= 0.6 is 0 Å². The van der Waals surface area contributed by atoms with Gasteiger partial charge in [0, 0.05) is 30.5 Å². The van der Waals surface area contributed by atoms with Crippen molar-refractivity contribution in [3.63, 3.8) is 0 Å². The number of ether oxygens (including phenoxy) is 1. The summed E-state index contributed by atoms with van der Waals surface area (Å²) in [7, 11) is 0. The van der Waals surface area contributed by atoms with Crippen LogP contribution in [-0.2, 0) is 4.74 Å². The maximum atomic E-state index is 11.9. The lowest BCUT2D eigenvalue weighted by atomic mass is 9.90. The Morgan fingerprint density at radius 1 is 1.35 bits per heavy atom. The zero-order valence-electron chi connectivity index (χ0n) is 14.6. The highest BCUT2D eigenvalue weighted by molar-refractivity contribution is 5.68. The van der Waals surface area contributed by atoms with Gasteiger partial charge < -0.3 is 15.4 Å². The Labute approximate surface area is 139 Å². The third-order valence-electron chi connectivity index (χ3n) is 4.07. The van der Waals surface area contributed by atoms with Gasteiger partial charge in [0.2, 0.25) is 0 Å². The monoisotopic (exact) mass is 319 g/mol. The van der Waals surface area contributed by atoms with Gasteiger partial charge in [-0.2, -0.15) is 0 Å². The number of hydrogen-bond donors (Lipinski definition) is 2. The van der Waals surface area contributed by atoms with Crippen molar-refractivity contribution in [1.82, 2.24) is 15.6 Å². The van der Waals surface area contributed by atoms with E-state index in [2.05, 4.69) is 28.6 Å². The van der Waals surface area contributed by atoms with Crippen LogP contribution in [0.4, 0.5) is 4.79 Å². The van der Waals surface area contributed by atoms with Crippen molar-refractivity contribution in [1.29, 1.82) is 0 Å². The van der Waals surface area contributed by atoms with Gasteiger partial charge in [0.25, 0.3) is 0 Å². The van der Waals surface area contributed by atoms with Crippen molar-refractivity contribution in [2.75, 3.05) is 0 Å². The Morgan fingerprint density at radius 2 is 2.09 bits per heavy atom. The summed E-state index contributed by atoms with van der Waals surface area (Å²) in [5.74, 6) is 0. The molecule has 1 saturated carbocycles. The molecule has 1 aliphatic rings. The zero-order valence-corrected chi connectivity index (χ0v) is 14.6. The molecule has 0 bridgehead atoms. The maximum Gasteiger partial charge on any atom is 0.407 e. The molecule has 1 aromatic heterocycles. The number of hydrogen-bond acceptors (Lipinski definition) is 4. The SMILES string of the molecule is C[C@@H](NC1CCCC(NC(=O)OC(C)(C)C)C1)c1cccnc1. The minimum atomic E-state index is -0.453. The van der Waals surface area contributed by atoms with Gasteiger partial charge in [-0.3, -0.25) is 4.98 Å². The molecule has 1 aliphatic carbocycles. The second-order valence-electron chi connectivity index (χ2n) is 7.38. The van der Waals surface area contributed by atoms with Crippen molar-refractivity contribution in [2.24, 2.45) is 0 Å². The largest absolute Gasteiger partial charge is 0.444 e. The van der Waals surface area contributed by atoms with Gasteiger partial charge in [-0.05, 0) is 65.0 Å². The maximum absolute atomic E-state index is 11.9. The summed E-state index contributed by atoms with van der Waals surface area (Å²) in [6, 6.07) is 4.88. The Kier molecular flexibility index (Phi) is 5.99. The highest BCUT2D eigenvalue weighted by Crippen LogP contribution is 2.22. The molecule has 0 saturated heterocycles. The van der Waals surface area contributed by atoms with Gasteiger partial charge in [-0.1, -0.05) is 6.07 Å². The predicted molar refractivity (Wildman–Crippen MR) is 91.2 cm³/mol. The van der Waals surface area contributed by atoms with E-state index in [0.29, 0.717) is 6.04 Å². The van der Waals surface area contributed by atoms with Crippen LogP contribution in [0.15, 0.2) is 24.5 Å². The molecule has 2 N–H and O–H groups in total. The topological polar surface area (TPSA) is 63.2 Å². The van der Waals surface area contributed by atoms with E-state index in [1.54, 1.807) is 6.20 Å². The average molecular weight is 319 g/mol. The molecule has 1 aromatic rings. The van der Waals surface area contributed by atoms with Crippen molar-refractivity contribution < 1.29 is 9.53 Å². The molecule has 0 aliphatic heterocycles. The number of carbonyl (C=O) groups is 1. The molecule has 1 heterocycles. The van der Waals surface area contributed by atoms with Gasteiger partial charge in [-0.25, -0.2) is 4.79 Å². The molecule has 5 heteroatoms. The first-order chi connectivity index (χ1) is 10.8. The molecule has 23 heavy (non-hydrogen) atoms. The predicted octanol–water partition coefficient (Wildman–Crippen LogP) is 3.57. The Bertz CT molecular complexity index is 499. The van der Waals surface area contributed by atoms with Crippen LogP contribution in [0, 0.1) is 0 Å². The van der Waals surface area contributed by atoms with Gasteiger partial charge in [0.15, 0.2) is 0 Å². The molecule has 1 fully saturated rings. The normalized spacial score (nSPS) is 23.1. The van der Waals surface area contributed by atoms with E-state index in [1.165, 1.54) is 5.56 Å². The highest BCUT2D eigenvalue weighted by Gasteiger charge is 2.26. The van der Waals surface area contributed by atoms with Crippen LogP contribution in [0.2, 0.25) is 0 Å². The summed E-state index contributed by atoms with van der Waals surface area (Å²) in [5.41, 5.74) is 0.736. The van der Waals surface area contributed by atoms with E-state index in [4.69, 9.17) is 4.74 Å².